The van der Waals surface area contributed by atoms with Crippen molar-refractivity contribution in [2.45, 2.75) is 39.1 Å². The van der Waals surface area contributed by atoms with Crippen molar-refractivity contribution in [3.8, 4) is 5.75 Å². The minimum atomic E-state index is -0.754. The quantitative estimate of drug-likeness (QED) is 0.578. The molecule has 37 heavy (non-hydrogen) atoms. The first-order valence-corrected chi connectivity index (χ1v) is 12.4. The van der Waals surface area contributed by atoms with E-state index in [0.29, 0.717) is 19.6 Å². The molecule has 0 aliphatic carbocycles. The van der Waals surface area contributed by atoms with E-state index in [0.717, 1.165) is 21.9 Å². The van der Waals surface area contributed by atoms with E-state index in [-0.39, 0.29) is 36.7 Å². The number of carbonyl (C=O) groups excluding carboxylic acids is 3. The largest absolute Gasteiger partial charge is 0.508 e. The van der Waals surface area contributed by atoms with Crippen LogP contribution in [0.3, 0.4) is 0 Å². The highest BCUT2D eigenvalue weighted by molar-refractivity contribution is 5.90. The van der Waals surface area contributed by atoms with Gasteiger partial charge in [-0.15, -0.1) is 0 Å². The monoisotopic (exact) mass is 502 g/mol. The maximum atomic E-state index is 13.7. The molecule has 0 saturated carbocycles. The Balaban J connectivity index is 1.41. The Morgan fingerprint density at radius 1 is 1.03 bits per heavy atom. The van der Waals surface area contributed by atoms with Crippen LogP contribution in [-0.2, 0) is 27.5 Å². The molecule has 2 aliphatic heterocycles. The van der Waals surface area contributed by atoms with E-state index in [2.05, 4.69) is 0 Å². The van der Waals surface area contributed by atoms with E-state index < -0.39 is 12.2 Å². The van der Waals surface area contributed by atoms with Gasteiger partial charge in [-0.2, -0.15) is 5.06 Å². The fourth-order valence-corrected chi connectivity index (χ4v) is 5.11. The number of amides is 4. The van der Waals surface area contributed by atoms with Gasteiger partial charge in [0.25, 0.3) is 5.91 Å². The van der Waals surface area contributed by atoms with Gasteiger partial charge in [-0.3, -0.25) is 14.4 Å². The average molecular weight is 503 g/mol. The molecular formula is C28H30N4O5. The van der Waals surface area contributed by atoms with Gasteiger partial charge in [-0.1, -0.05) is 54.6 Å². The zero-order valence-electron chi connectivity index (χ0n) is 20.9. The van der Waals surface area contributed by atoms with Crippen molar-refractivity contribution in [3.63, 3.8) is 0 Å². The topological polar surface area (TPSA) is 93.6 Å². The number of carbonyl (C=O) groups is 3. The zero-order chi connectivity index (χ0) is 26.1. The molecule has 2 heterocycles. The van der Waals surface area contributed by atoms with E-state index in [1.54, 1.807) is 34.1 Å². The molecule has 192 valence electrons. The van der Waals surface area contributed by atoms with Crippen molar-refractivity contribution in [2.24, 2.45) is 0 Å². The summed E-state index contributed by atoms with van der Waals surface area (Å²) in [6, 6.07) is 19.8. The molecule has 2 fully saturated rings. The van der Waals surface area contributed by atoms with Gasteiger partial charge < -0.3 is 19.8 Å². The Morgan fingerprint density at radius 2 is 1.76 bits per heavy atom. The number of hydrogen-bond acceptors (Lipinski definition) is 5. The van der Waals surface area contributed by atoms with Gasteiger partial charge >= 0.3 is 6.03 Å². The van der Waals surface area contributed by atoms with Crippen LogP contribution < -0.4 is 0 Å². The summed E-state index contributed by atoms with van der Waals surface area (Å²) in [7, 11) is 0. The first-order valence-electron chi connectivity index (χ1n) is 12.4. The van der Waals surface area contributed by atoms with Gasteiger partial charge in [0.1, 0.15) is 12.3 Å². The summed E-state index contributed by atoms with van der Waals surface area (Å²) in [5.74, 6) is -0.338. The van der Waals surface area contributed by atoms with Gasteiger partial charge in [0, 0.05) is 19.6 Å². The van der Waals surface area contributed by atoms with E-state index in [4.69, 9.17) is 4.84 Å². The number of phenolic OH excluding ortho intramolecular Hbond substituents is 1. The Kier molecular flexibility index (Phi) is 6.71. The lowest BCUT2D eigenvalue weighted by atomic mass is 10.0. The van der Waals surface area contributed by atoms with Crippen LogP contribution >= 0.6 is 0 Å². The maximum Gasteiger partial charge on any atom is 0.346 e. The summed E-state index contributed by atoms with van der Waals surface area (Å²) in [6.45, 7) is 4.37. The molecule has 0 bridgehead atoms. The number of piperazine rings is 1. The van der Waals surface area contributed by atoms with Crippen LogP contribution in [0.2, 0.25) is 0 Å². The number of hydrogen-bond donors (Lipinski definition) is 1. The molecule has 2 saturated heterocycles. The first kappa shape index (κ1) is 24.6. The lowest BCUT2D eigenvalue weighted by Crippen LogP contribution is -2.72. The molecule has 0 spiro atoms. The highest BCUT2D eigenvalue weighted by Crippen LogP contribution is 2.29. The third-order valence-electron chi connectivity index (χ3n) is 7.13. The average Bonchev–Trinajstić information content (AvgIpc) is 2.91. The van der Waals surface area contributed by atoms with Gasteiger partial charge in [-0.25, -0.2) is 4.79 Å². The molecule has 0 radical (unpaired) electrons. The molecule has 9 heteroatoms. The van der Waals surface area contributed by atoms with Crippen LogP contribution in [0.4, 0.5) is 4.79 Å². The van der Waals surface area contributed by atoms with Crippen molar-refractivity contribution in [3.05, 3.63) is 77.9 Å². The molecule has 3 aromatic rings. The molecular weight excluding hydrogens is 472 g/mol. The second-order valence-electron chi connectivity index (χ2n) is 9.40. The zero-order valence-corrected chi connectivity index (χ0v) is 20.9. The summed E-state index contributed by atoms with van der Waals surface area (Å²) < 4.78 is 0. The van der Waals surface area contributed by atoms with Crippen LogP contribution in [-0.4, -0.2) is 74.6 Å². The smallest absolute Gasteiger partial charge is 0.346 e. The number of phenols is 1. The molecule has 0 aromatic heterocycles. The predicted octanol–water partition coefficient (Wildman–Crippen LogP) is 3.32. The molecule has 3 aromatic carbocycles. The number of aromatic hydroxyl groups is 1. The predicted molar refractivity (Wildman–Crippen MR) is 137 cm³/mol. The summed E-state index contributed by atoms with van der Waals surface area (Å²) in [4.78, 5) is 50.1. The summed E-state index contributed by atoms with van der Waals surface area (Å²) in [5, 5.41) is 13.0. The standard InChI is InChI=1S/C28H30N4O5/c1-3-29(15-20-11-13-23(33)14-12-20)28(36)32-27-19(2)30(25(34)17-31(27)26(35)18-37-32)16-22-9-6-8-21-7-4-5-10-24(21)22/h4-14,19,27,33H,3,15-18H2,1-2H3/t19-,27-/m0/s1. The van der Waals surface area contributed by atoms with E-state index in [1.165, 1.54) is 9.96 Å². The first-order chi connectivity index (χ1) is 17.9. The minimum Gasteiger partial charge on any atom is -0.508 e. The Hall–Kier alpha value is -4.11. The third kappa shape index (κ3) is 4.70. The summed E-state index contributed by atoms with van der Waals surface area (Å²) in [5.41, 5.74) is 1.84. The number of nitrogens with zero attached hydrogens (tertiary/aromatic N) is 4. The Morgan fingerprint density at radius 3 is 2.51 bits per heavy atom. The van der Waals surface area contributed by atoms with Crippen molar-refractivity contribution in [1.82, 2.24) is 19.8 Å². The lowest BCUT2D eigenvalue weighted by Gasteiger charge is -2.51. The van der Waals surface area contributed by atoms with E-state index in [9.17, 15) is 19.5 Å². The van der Waals surface area contributed by atoms with Crippen LogP contribution in [0.15, 0.2) is 66.7 Å². The lowest BCUT2D eigenvalue weighted by molar-refractivity contribution is -0.241. The van der Waals surface area contributed by atoms with Crippen molar-refractivity contribution in [1.29, 1.82) is 0 Å². The number of rotatable bonds is 5. The molecule has 5 rings (SSSR count). The minimum absolute atomic E-state index is 0.115. The molecule has 9 nitrogen and oxygen atoms in total. The van der Waals surface area contributed by atoms with Crippen molar-refractivity contribution < 1.29 is 24.3 Å². The second kappa shape index (κ2) is 10.1. The van der Waals surface area contributed by atoms with Crippen LogP contribution in [0, 0.1) is 0 Å². The summed E-state index contributed by atoms with van der Waals surface area (Å²) >= 11 is 0. The number of fused-ring (bicyclic) bond motifs is 2. The normalized spacial score (nSPS) is 19.8. The van der Waals surface area contributed by atoms with Gasteiger partial charge in [0.2, 0.25) is 5.91 Å². The van der Waals surface area contributed by atoms with E-state index in [1.807, 2.05) is 56.3 Å². The third-order valence-corrected chi connectivity index (χ3v) is 7.13. The SMILES string of the molecule is CCN(Cc1ccc(O)cc1)C(=O)N1OCC(=O)N2CC(=O)N(Cc3cccc4ccccc34)[C@@H](C)[C@@H]21. The van der Waals surface area contributed by atoms with Crippen molar-refractivity contribution in [2.75, 3.05) is 19.7 Å². The number of hydroxylamine groups is 2. The Labute approximate surface area is 215 Å². The second-order valence-corrected chi connectivity index (χ2v) is 9.40. The molecule has 2 atom stereocenters. The maximum absolute atomic E-state index is 13.7. The number of urea groups is 1. The Bertz CT molecular complexity index is 1320. The van der Waals surface area contributed by atoms with Gasteiger partial charge in [0.15, 0.2) is 12.8 Å². The van der Waals surface area contributed by atoms with Crippen LogP contribution in [0.5, 0.6) is 5.75 Å². The van der Waals surface area contributed by atoms with Gasteiger partial charge in [-0.05, 0) is 47.9 Å². The van der Waals surface area contributed by atoms with E-state index >= 15 is 0 Å². The number of benzene rings is 3. The highest BCUT2D eigenvalue weighted by atomic mass is 16.7. The highest BCUT2D eigenvalue weighted by Gasteiger charge is 2.49. The molecule has 0 unspecified atom stereocenters. The summed E-state index contributed by atoms with van der Waals surface area (Å²) in [6.07, 6.45) is -0.754. The van der Waals surface area contributed by atoms with Crippen LogP contribution in [0.1, 0.15) is 25.0 Å². The fourth-order valence-electron chi connectivity index (χ4n) is 5.11. The van der Waals surface area contributed by atoms with Crippen molar-refractivity contribution >= 4 is 28.6 Å². The van der Waals surface area contributed by atoms with Gasteiger partial charge in [0.05, 0.1) is 6.04 Å². The molecule has 1 N–H and O–H groups in total. The fraction of sp³-hybridized carbons (Fsp3) is 0.321. The molecule has 2 aliphatic rings. The molecule has 4 amide bonds. The van der Waals surface area contributed by atoms with Crippen LogP contribution in [0.25, 0.3) is 10.8 Å².